The van der Waals surface area contributed by atoms with Crippen LogP contribution in [0.15, 0.2) is 52.1 Å². The Bertz CT molecular complexity index is 1150. The van der Waals surface area contributed by atoms with Crippen LogP contribution in [0, 0.1) is 18.6 Å². The van der Waals surface area contributed by atoms with Gasteiger partial charge < -0.3 is 14.3 Å². The molecular formula is C22H20F2N4O3S. The topological polar surface area (TPSA) is 79.5 Å². The normalized spacial score (nSPS) is 14.0. The maximum atomic E-state index is 13.5. The Morgan fingerprint density at radius 1 is 1.03 bits per heavy atom. The predicted molar refractivity (Wildman–Crippen MR) is 113 cm³/mol. The number of hydrogen-bond acceptors (Lipinski definition) is 6. The molecule has 3 aromatic rings. The molecule has 0 unspecified atom stereocenters. The Kier molecular flexibility index (Phi) is 6.50. The van der Waals surface area contributed by atoms with Crippen molar-refractivity contribution in [2.45, 2.75) is 17.7 Å². The van der Waals surface area contributed by atoms with Gasteiger partial charge in [0.25, 0.3) is 11.8 Å². The lowest BCUT2D eigenvalue weighted by Crippen LogP contribution is -2.50. The van der Waals surface area contributed by atoms with Gasteiger partial charge in [-0.1, -0.05) is 16.9 Å². The molecule has 4 rings (SSSR count). The van der Waals surface area contributed by atoms with E-state index in [1.165, 1.54) is 22.7 Å². The first-order valence-corrected chi connectivity index (χ1v) is 10.9. The van der Waals surface area contributed by atoms with Gasteiger partial charge in [-0.15, -0.1) is 0 Å². The van der Waals surface area contributed by atoms with Gasteiger partial charge in [0, 0.05) is 49.8 Å². The summed E-state index contributed by atoms with van der Waals surface area (Å²) in [6, 6.07) is 8.36. The molecule has 1 fully saturated rings. The highest BCUT2D eigenvalue weighted by Crippen LogP contribution is 2.25. The molecule has 32 heavy (non-hydrogen) atoms. The molecule has 3 heterocycles. The van der Waals surface area contributed by atoms with Gasteiger partial charge in [-0.05, 0) is 37.3 Å². The number of halogens is 2. The molecule has 7 nitrogen and oxygen atoms in total. The number of rotatable bonds is 5. The van der Waals surface area contributed by atoms with Crippen molar-refractivity contribution in [3.8, 4) is 0 Å². The van der Waals surface area contributed by atoms with Crippen LogP contribution in [0.4, 0.5) is 8.78 Å². The Labute approximate surface area is 187 Å². The fourth-order valence-electron chi connectivity index (χ4n) is 3.39. The number of hydrogen-bond donors (Lipinski definition) is 0. The summed E-state index contributed by atoms with van der Waals surface area (Å²) < 4.78 is 31.7. The molecule has 0 atom stereocenters. The molecule has 1 aliphatic rings. The molecule has 0 bridgehead atoms. The molecule has 0 radical (unpaired) electrons. The molecule has 10 heteroatoms. The minimum Gasteiger partial charge on any atom is -0.361 e. The average Bonchev–Trinajstić information content (AvgIpc) is 3.24. The van der Waals surface area contributed by atoms with Crippen molar-refractivity contribution in [3.05, 3.63) is 76.8 Å². The lowest BCUT2D eigenvalue weighted by atomic mass is 10.1. The number of carbonyl (C=O) groups is 2. The van der Waals surface area contributed by atoms with E-state index in [4.69, 9.17) is 4.52 Å². The van der Waals surface area contributed by atoms with Gasteiger partial charge in [0.2, 0.25) is 0 Å². The summed E-state index contributed by atoms with van der Waals surface area (Å²) >= 11 is 1.40. The van der Waals surface area contributed by atoms with E-state index in [1.807, 2.05) is 13.0 Å². The molecule has 1 aromatic carbocycles. The summed E-state index contributed by atoms with van der Waals surface area (Å²) in [6.07, 6.45) is 1.63. The second-order valence-corrected chi connectivity index (χ2v) is 8.25. The first-order chi connectivity index (χ1) is 15.4. The van der Waals surface area contributed by atoms with E-state index in [2.05, 4.69) is 10.1 Å². The third kappa shape index (κ3) is 4.80. The van der Waals surface area contributed by atoms with Crippen LogP contribution in [-0.2, 0) is 5.75 Å². The van der Waals surface area contributed by atoms with Gasteiger partial charge in [0.1, 0.15) is 10.8 Å². The van der Waals surface area contributed by atoms with Crippen molar-refractivity contribution in [1.82, 2.24) is 19.9 Å². The highest BCUT2D eigenvalue weighted by atomic mass is 32.2. The highest BCUT2D eigenvalue weighted by molar-refractivity contribution is 7.98. The van der Waals surface area contributed by atoms with Gasteiger partial charge in [-0.2, -0.15) is 0 Å². The van der Waals surface area contributed by atoms with Gasteiger partial charge >= 0.3 is 0 Å². The second-order valence-electron chi connectivity index (χ2n) is 7.29. The molecule has 2 amide bonds. The van der Waals surface area contributed by atoms with Crippen LogP contribution in [0.3, 0.4) is 0 Å². The van der Waals surface area contributed by atoms with E-state index in [0.717, 1.165) is 17.8 Å². The Morgan fingerprint density at radius 3 is 2.41 bits per heavy atom. The van der Waals surface area contributed by atoms with Gasteiger partial charge in [0.05, 0.1) is 11.3 Å². The number of carbonyl (C=O) groups excluding carboxylic acids is 2. The first-order valence-electron chi connectivity index (χ1n) is 9.96. The number of aromatic nitrogens is 2. The van der Waals surface area contributed by atoms with Gasteiger partial charge in [-0.3, -0.25) is 9.59 Å². The highest BCUT2D eigenvalue weighted by Gasteiger charge is 2.27. The number of pyridine rings is 1. The summed E-state index contributed by atoms with van der Waals surface area (Å²) in [7, 11) is 0. The number of amides is 2. The summed E-state index contributed by atoms with van der Waals surface area (Å²) in [5.41, 5.74) is 1.33. The standard InChI is InChI=1S/C22H20F2N4O3S/c1-14-11-16(26-31-14)13-32-20-17(3-2-6-25-20)22(30)28-9-7-27(8-10-28)21(29)15-4-5-18(23)19(24)12-15/h2-6,11-12H,7-10,13H2,1H3. The molecule has 2 aromatic heterocycles. The molecule has 0 saturated carbocycles. The Hall–Kier alpha value is -3.27. The maximum Gasteiger partial charge on any atom is 0.256 e. The number of nitrogens with zero attached hydrogens (tertiary/aromatic N) is 4. The zero-order chi connectivity index (χ0) is 22.7. The van der Waals surface area contributed by atoms with Gasteiger partial charge in [-0.25, -0.2) is 13.8 Å². The lowest BCUT2D eigenvalue weighted by molar-refractivity contribution is 0.0533. The van der Waals surface area contributed by atoms with Crippen LogP contribution in [0.5, 0.6) is 0 Å². The monoisotopic (exact) mass is 458 g/mol. The average molecular weight is 458 g/mol. The zero-order valence-electron chi connectivity index (χ0n) is 17.3. The number of thioether (sulfide) groups is 1. The molecule has 0 spiro atoms. The Balaban J connectivity index is 1.39. The molecular weight excluding hydrogens is 438 g/mol. The summed E-state index contributed by atoms with van der Waals surface area (Å²) in [5.74, 6) is -1.39. The van der Waals surface area contributed by atoms with Crippen LogP contribution in [0.25, 0.3) is 0 Å². The minimum atomic E-state index is -1.06. The van der Waals surface area contributed by atoms with Crippen molar-refractivity contribution >= 4 is 23.6 Å². The summed E-state index contributed by atoms with van der Waals surface area (Å²) in [5, 5.41) is 4.55. The number of aryl methyl sites for hydroxylation is 1. The molecule has 0 N–H and O–H groups in total. The third-order valence-electron chi connectivity index (χ3n) is 5.06. The van der Waals surface area contributed by atoms with Crippen LogP contribution < -0.4 is 0 Å². The Morgan fingerprint density at radius 2 is 1.75 bits per heavy atom. The van der Waals surface area contributed by atoms with Crippen LogP contribution in [0.1, 0.15) is 32.2 Å². The number of piperazine rings is 1. The molecule has 0 aliphatic carbocycles. The zero-order valence-corrected chi connectivity index (χ0v) is 18.1. The second kappa shape index (κ2) is 9.47. The fraction of sp³-hybridized carbons (Fsp3) is 0.273. The minimum absolute atomic E-state index is 0.0812. The smallest absolute Gasteiger partial charge is 0.256 e. The van der Waals surface area contributed by atoms with E-state index in [1.54, 1.807) is 23.2 Å². The third-order valence-corrected chi connectivity index (χ3v) is 6.09. The quantitative estimate of drug-likeness (QED) is 0.544. The van der Waals surface area contributed by atoms with Crippen molar-refractivity contribution in [2.24, 2.45) is 0 Å². The van der Waals surface area contributed by atoms with Crippen molar-refractivity contribution in [2.75, 3.05) is 26.2 Å². The van der Waals surface area contributed by atoms with Crippen molar-refractivity contribution < 1.29 is 22.9 Å². The summed E-state index contributed by atoms with van der Waals surface area (Å²) in [4.78, 5) is 33.2. The first kappa shape index (κ1) is 21.9. The number of benzene rings is 1. The van der Waals surface area contributed by atoms with E-state index >= 15 is 0 Å². The molecule has 166 valence electrons. The van der Waals surface area contributed by atoms with Crippen molar-refractivity contribution in [1.29, 1.82) is 0 Å². The van der Waals surface area contributed by atoms with Crippen LogP contribution in [-0.4, -0.2) is 57.9 Å². The maximum absolute atomic E-state index is 13.5. The summed E-state index contributed by atoms with van der Waals surface area (Å²) in [6.45, 7) is 3.06. The van der Waals surface area contributed by atoms with E-state index in [9.17, 15) is 18.4 Å². The molecule has 1 saturated heterocycles. The van der Waals surface area contributed by atoms with E-state index in [-0.39, 0.29) is 11.5 Å². The molecule has 1 aliphatic heterocycles. The van der Waals surface area contributed by atoms with E-state index < -0.39 is 17.5 Å². The fourth-order valence-corrected chi connectivity index (χ4v) is 4.26. The van der Waals surface area contributed by atoms with Gasteiger partial charge in [0.15, 0.2) is 11.6 Å². The van der Waals surface area contributed by atoms with Crippen LogP contribution >= 0.6 is 11.8 Å². The lowest BCUT2D eigenvalue weighted by Gasteiger charge is -2.35. The van der Waals surface area contributed by atoms with E-state index in [0.29, 0.717) is 48.3 Å². The van der Waals surface area contributed by atoms with Crippen molar-refractivity contribution in [3.63, 3.8) is 0 Å². The largest absolute Gasteiger partial charge is 0.361 e. The SMILES string of the molecule is Cc1cc(CSc2ncccc2C(=O)N2CCN(C(=O)c3ccc(F)c(F)c3)CC2)no1. The van der Waals surface area contributed by atoms with Crippen LogP contribution in [0.2, 0.25) is 0 Å². The predicted octanol–water partition coefficient (Wildman–Crippen LogP) is 3.55.